The van der Waals surface area contributed by atoms with Crippen LogP contribution in [0.4, 0.5) is 26.2 Å². The van der Waals surface area contributed by atoms with Crippen molar-refractivity contribution in [3.8, 4) is 11.8 Å². The third-order valence-electron chi connectivity index (χ3n) is 5.21. The highest BCUT2D eigenvalue weighted by atomic mass is 19.1. The van der Waals surface area contributed by atoms with Gasteiger partial charge in [0.2, 0.25) is 5.43 Å². The zero-order chi connectivity index (χ0) is 24.1. The molecule has 1 unspecified atom stereocenters. The van der Waals surface area contributed by atoms with E-state index >= 15 is 0 Å². The zero-order valence-corrected chi connectivity index (χ0v) is 19.1. The molecular formula is C25H28FN3O4. The van der Waals surface area contributed by atoms with Crippen molar-refractivity contribution in [3.05, 3.63) is 63.6 Å². The topological polar surface area (TPSA) is 90.9 Å². The SMILES string of the molecule is CC#Cc1ccc(=O)c(Nc2ccc(N3C[C@H](CNC(C)O)OC3=O)cc2F)cc1C(C)C. The Kier molecular flexibility index (Phi) is 7.69. The Bertz CT molecular complexity index is 1150. The first-order valence-electron chi connectivity index (χ1n) is 10.8. The summed E-state index contributed by atoms with van der Waals surface area (Å²) in [4.78, 5) is 26.1. The van der Waals surface area contributed by atoms with Crippen LogP contribution in [0, 0.1) is 17.7 Å². The number of nitrogens with zero attached hydrogens (tertiary/aromatic N) is 1. The molecule has 1 aliphatic heterocycles. The van der Waals surface area contributed by atoms with E-state index in [1.54, 1.807) is 32.0 Å². The van der Waals surface area contributed by atoms with Crippen LogP contribution in [0.15, 0.2) is 41.2 Å². The third kappa shape index (κ3) is 5.89. The predicted molar refractivity (Wildman–Crippen MR) is 126 cm³/mol. The van der Waals surface area contributed by atoms with Gasteiger partial charge in [0.15, 0.2) is 0 Å². The first kappa shape index (κ1) is 24.2. The molecule has 0 radical (unpaired) electrons. The Balaban J connectivity index is 1.85. The summed E-state index contributed by atoms with van der Waals surface area (Å²) in [5.74, 6) is 5.36. The number of hydrogen-bond donors (Lipinski definition) is 3. The summed E-state index contributed by atoms with van der Waals surface area (Å²) >= 11 is 0. The van der Waals surface area contributed by atoms with Gasteiger partial charge in [-0.15, -0.1) is 5.92 Å². The van der Waals surface area contributed by atoms with Crippen molar-refractivity contribution in [1.29, 1.82) is 0 Å². The minimum Gasteiger partial charge on any atom is -0.443 e. The van der Waals surface area contributed by atoms with Crippen molar-refractivity contribution in [2.75, 3.05) is 23.3 Å². The van der Waals surface area contributed by atoms with Crippen LogP contribution in [-0.4, -0.2) is 36.6 Å². The van der Waals surface area contributed by atoms with E-state index in [1.807, 2.05) is 13.8 Å². The van der Waals surface area contributed by atoms with Crippen LogP contribution in [0.25, 0.3) is 0 Å². The number of rotatable bonds is 7. The number of anilines is 3. The molecule has 1 aliphatic rings. The predicted octanol–water partition coefficient (Wildman–Crippen LogP) is 3.68. The number of halogens is 1. The minimum absolute atomic E-state index is 0.109. The zero-order valence-electron chi connectivity index (χ0n) is 19.1. The largest absolute Gasteiger partial charge is 0.443 e. The summed E-state index contributed by atoms with van der Waals surface area (Å²) < 4.78 is 20.2. The van der Waals surface area contributed by atoms with Gasteiger partial charge < -0.3 is 15.2 Å². The van der Waals surface area contributed by atoms with Crippen LogP contribution in [0.5, 0.6) is 0 Å². The molecular weight excluding hydrogens is 425 g/mol. The number of nitrogens with one attached hydrogen (secondary N) is 2. The van der Waals surface area contributed by atoms with Gasteiger partial charge in [-0.25, -0.2) is 9.18 Å². The van der Waals surface area contributed by atoms with Gasteiger partial charge in [0.05, 0.1) is 23.6 Å². The lowest BCUT2D eigenvalue weighted by atomic mass is 10.00. The van der Waals surface area contributed by atoms with Gasteiger partial charge in [0.25, 0.3) is 0 Å². The minimum atomic E-state index is -0.729. The summed E-state index contributed by atoms with van der Waals surface area (Å²) in [5.41, 5.74) is 2.02. The smallest absolute Gasteiger partial charge is 0.414 e. The average molecular weight is 454 g/mol. The second kappa shape index (κ2) is 10.5. The molecule has 0 bridgehead atoms. The van der Waals surface area contributed by atoms with Crippen molar-refractivity contribution in [2.24, 2.45) is 0 Å². The molecule has 2 atom stereocenters. The maximum Gasteiger partial charge on any atom is 0.414 e. The lowest BCUT2D eigenvalue weighted by molar-refractivity contribution is 0.110. The number of carbonyl (C=O) groups excluding carboxylic acids is 1. The number of amides is 1. The first-order valence-corrected chi connectivity index (χ1v) is 10.8. The van der Waals surface area contributed by atoms with Gasteiger partial charge in [-0.2, -0.15) is 0 Å². The van der Waals surface area contributed by atoms with Crippen LogP contribution >= 0.6 is 0 Å². The van der Waals surface area contributed by atoms with E-state index in [2.05, 4.69) is 22.5 Å². The summed E-state index contributed by atoms with van der Waals surface area (Å²) in [6.07, 6.45) is -1.78. The maximum atomic E-state index is 14.9. The fourth-order valence-electron chi connectivity index (χ4n) is 3.53. The third-order valence-corrected chi connectivity index (χ3v) is 5.21. The standard InChI is InChI=1S/C25H28FN3O4/c1-5-6-17-7-10-24(31)23(12-20(17)15(2)3)28-22-9-8-18(11-21(22)26)29-14-19(33-25(29)32)13-27-16(4)30/h7-12,15-16,19,27,30H,13-14H2,1-4H3,(H,28,31)/t16?,19-/m0/s1. The fraction of sp³-hybridized carbons (Fsp3) is 0.360. The molecule has 2 aromatic carbocycles. The van der Waals surface area contributed by atoms with Crippen molar-refractivity contribution in [3.63, 3.8) is 0 Å². The molecule has 3 rings (SSSR count). The molecule has 1 saturated heterocycles. The molecule has 0 spiro atoms. The van der Waals surface area contributed by atoms with E-state index in [9.17, 15) is 19.1 Å². The summed E-state index contributed by atoms with van der Waals surface area (Å²) in [6, 6.07) is 9.09. The second-order valence-electron chi connectivity index (χ2n) is 8.14. The van der Waals surface area contributed by atoms with E-state index in [-0.39, 0.29) is 35.8 Å². The second-order valence-corrected chi connectivity index (χ2v) is 8.14. The summed E-state index contributed by atoms with van der Waals surface area (Å²) in [5, 5.41) is 15.0. The van der Waals surface area contributed by atoms with Crippen LogP contribution < -0.4 is 21.0 Å². The molecule has 7 nitrogen and oxygen atoms in total. The summed E-state index contributed by atoms with van der Waals surface area (Å²) in [6.45, 7) is 7.80. The number of benzene rings is 1. The number of cyclic esters (lactones) is 1. The van der Waals surface area contributed by atoms with E-state index < -0.39 is 24.2 Å². The quantitative estimate of drug-likeness (QED) is 0.438. The van der Waals surface area contributed by atoms with Crippen LogP contribution in [-0.2, 0) is 4.74 Å². The number of carbonyl (C=O) groups is 1. The molecule has 0 aromatic heterocycles. The van der Waals surface area contributed by atoms with E-state index in [0.29, 0.717) is 5.69 Å². The lowest BCUT2D eigenvalue weighted by Gasteiger charge is -2.15. The maximum absolute atomic E-state index is 14.9. The van der Waals surface area contributed by atoms with Gasteiger partial charge in [0, 0.05) is 12.1 Å². The van der Waals surface area contributed by atoms with Crippen LogP contribution in [0.3, 0.4) is 0 Å². The van der Waals surface area contributed by atoms with Crippen molar-refractivity contribution < 1.29 is 19.0 Å². The number of aliphatic hydroxyl groups is 1. The monoisotopic (exact) mass is 453 g/mol. The van der Waals surface area contributed by atoms with E-state index in [0.717, 1.165) is 11.1 Å². The Hall–Kier alpha value is -3.41. The van der Waals surface area contributed by atoms with E-state index in [4.69, 9.17) is 4.74 Å². The molecule has 1 amide bonds. The van der Waals surface area contributed by atoms with Gasteiger partial charge in [0.1, 0.15) is 18.1 Å². The fourth-order valence-corrected chi connectivity index (χ4v) is 3.53. The highest BCUT2D eigenvalue weighted by Crippen LogP contribution is 2.28. The Labute approximate surface area is 192 Å². The number of hydrogen-bond acceptors (Lipinski definition) is 6. The lowest BCUT2D eigenvalue weighted by Crippen LogP contribution is -2.35. The molecule has 174 valence electrons. The molecule has 3 N–H and O–H groups in total. The van der Waals surface area contributed by atoms with Crippen molar-refractivity contribution >= 4 is 23.2 Å². The number of ether oxygens (including phenoxy) is 1. The van der Waals surface area contributed by atoms with Crippen molar-refractivity contribution in [1.82, 2.24) is 5.32 Å². The van der Waals surface area contributed by atoms with Gasteiger partial charge in [-0.05, 0) is 61.7 Å². The molecule has 1 fully saturated rings. The first-order chi connectivity index (χ1) is 15.7. The van der Waals surface area contributed by atoms with Gasteiger partial charge in [-0.1, -0.05) is 19.8 Å². The molecule has 8 heteroatoms. The highest BCUT2D eigenvalue weighted by molar-refractivity contribution is 5.90. The Morgan fingerprint density at radius 3 is 2.58 bits per heavy atom. The van der Waals surface area contributed by atoms with Crippen LogP contribution in [0.2, 0.25) is 0 Å². The Morgan fingerprint density at radius 2 is 1.94 bits per heavy atom. The van der Waals surface area contributed by atoms with E-state index in [1.165, 1.54) is 23.1 Å². The normalized spacial score (nSPS) is 16.3. The highest BCUT2D eigenvalue weighted by Gasteiger charge is 2.32. The van der Waals surface area contributed by atoms with Crippen LogP contribution in [0.1, 0.15) is 44.7 Å². The molecule has 33 heavy (non-hydrogen) atoms. The number of aliphatic hydroxyl groups excluding tert-OH is 1. The molecule has 2 aromatic rings. The molecule has 0 aliphatic carbocycles. The van der Waals surface area contributed by atoms with Gasteiger partial charge >= 0.3 is 6.09 Å². The summed E-state index contributed by atoms with van der Waals surface area (Å²) in [7, 11) is 0. The molecule has 1 heterocycles. The average Bonchev–Trinajstić information content (AvgIpc) is 3.06. The van der Waals surface area contributed by atoms with Gasteiger partial charge in [-0.3, -0.25) is 15.0 Å². The molecule has 0 saturated carbocycles. The van der Waals surface area contributed by atoms with Crippen molar-refractivity contribution in [2.45, 2.75) is 45.9 Å². The Morgan fingerprint density at radius 1 is 1.18 bits per heavy atom.